The van der Waals surface area contributed by atoms with Crippen molar-refractivity contribution in [1.82, 2.24) is 5.32 Å². The van der Waals surface area contributed by atoms with Crippen molar-refractivity contribution in [3.8, 4) is 0 Å². The summed E-state index contributed by atoms with van der Waals surface area (Å²) in [7, 11) is 1.71. The summed E-state index contributed by atoms with van der Waals surface area (Å²) in [5.74, 6) is -0.117. The highest BCUT2D eigenvalue weighted by Crippen LogP contribution is 2.36. The minimum atomic E-state index is -0.176. The lowest BCUT2D eigenvalue weighted by Gasteiger charge is -2.40. The van der Waals surface area contributed by atoms with Crippen LogP contribution in [0.5, 0.6) is 0 Å². The van der Waals surface area contributed by atoms with Gasteiger partial charge in [-0.25, -0.2) is 0 Å². The van der Waals surface area contributed by atoms with E-state index in [4.69, 9.17) is 10.5 Å². The van der Waals surface area contributed by atoms with E-state index < -0.39 is 0 Å². The Kier molecular flexibility index (Phi) is 3.94. The van der Waals surface area contributed by atoms with Crippen molar-refractivity contribution in [3.63, 3.8) is 0 Å². The Labute approximate surface area is 135 Å². The number of ether oxygens (including phenoxy) is 1. The summed E-state index contributed by atoms with van der Waals surface area (Å²) in [5, 5.41) is 3.89. The molecule has 1 aliphatic rings. The van der Waals surface area contributed by atoms with Gasteiger partial charge in [-0.05, 0) is 31.4 Å². The highest BCUT2D eigenvalue weighted by atomic mass is 79.9. The number of nitrogens with one attached hydrogen (secondary N) is 1. The van der Waals surface area contributed by atoms with E-state index in [-0.39, 0.29) is 11.5 Å². The molecule has 3 rings (SSSR count). The standard InChI is InChI=1S/C15H17BrN2O2S/c1-20-15(5-2-6-15)8-18-14(19)13-12(17)10-4-3-9(16)7-11(10)21-13/h3-4,7H,2,5-6,8,17H2,1H3,(H,18,19). The predicted molar refractivity (Wildman–Crippen MR) is 89.9 cm³/mol. The fourth-order valence-electron chi connectivity index (χ4n) is 2.60. The molecule has 21 heavy (non-hydrogen) atoms. The lowest BCUT2D eigenvalue weighted by molar-refractivity contribution is -0.0679. The average molecular weight is 369 g/mol. The topological polar surface area (TPSA) is 64.3 Å². The lowest BCUT2D eigenvalue weighted by atomic mass is 9.80. The Bertz CT molecular complexity index is 689. The first-order chi connectivity index (χ1) is 10.0. The van der Waals surface area contributed by atoms with Gasteiger partial charge in [0, 0.05) is 28.2 Å². The van der Waals surface area contributed by atoms with E-state index in [2.05, 4.69) is 21.2 Å². The quantitative estimate of drug-likeness (QED) is 0.867. The van der Waals surface area contributed by atoms with Gasteiger partial charge in [-0.15, -0.1) is 11.3 Å². The third-order valence-electron chi connectivity index (χ3n) is 4.17. The number of hydrogen-bond acceptors (Lipinski definition) is 4. The number of methoxy groups -OCH3 is 1. The maximum Gasteiger partial charge on any atom is 0.263 e. The van der Waals surface area contributed by atoms with Gasteiger partial charge in [0.05, 0.1) is 11.3 Å². The molecule has 1 fully saturated rings. The Balaban J connectivity index is 1.80. The molecule has 3 N–H and O–H groups in total. The number of amides is 1. The van der Waals surface area contributed by atoms with Crippen LogP contribution in [0.15, 0.2) is 22.7 Å². The van der Waals surface area contributed by atoms with Crippen LogP contribution in [0.3, 0.4) is 0 Å². The Hall–Kier alpha value is -1.11. The smallest absolute Gasteiger partial charge is 0.263 e. The number of anilines is 1. The molecule has 112 valence electrons. The molecule has 1 aliphatic carbocycles. The van der Waals surface area contributed by atoms with E-state index in [1.807, 2.05) is 18.2 Å². The number of nitrogen functional groups attached to an aromatic ring is 1. The zero-order valence-corrected chi connectivity index (χ0v) is 14.1. The minimum absolute atomic E-state index is 0.117. The number of halogens is 1. The van der Waals surface area contributed by atoms with Gasteiger partial charge >= 0.3 is 0 Å². The van der Waals surface area contributed by atoms with Crippen LogP contribution in [0.25, 0.3) is 10.1 Å². The van der Waals surface area contributed by atoms with Crippen LogP contribution in [-0.4, -0.2) is 25.2 Å². The molecule has 1 aromatic heterocycles. The van der Waals surface area contributed by atoms with E-state index >= 15 is 0 Å². The number of nitrogens with two attached hydrogens (primary N) is 1. The van der Waals surface area contributed by atoms with Crippen LogP contribution in [-0.2, 0) is 4.74 Å². The first kappa shape index (κ1) is 14.8. The summed E-state index contributed by atoms with van der Waals surface area (Å²) in [6.45, 7) is 0.541. The van der Waals surface area contributed by atoms with Crippen molar-refractivity contribution in [2.45, 2.75) is 24.9 Å². The maximum atomic E-state index is 12.4. The van der Waals surface area contributed by atoms with Gasteiger partial charge in [-0.1, -0.05) is 22.0 Å². The molecule has 1 aromatic carbocycles. The first-order valence-corrected chi connectivity index (χ1v) is 8.46. The minimum Gasteiger partial charge on any atom is -0.397 e. The molecule has 6 heteroatoms. The summed E-state index contributed by atoms with van der Waals surface area (Å²) in [4.78, 5) is 13.0. The van der Waals surface area contributed by atoms with Crippen molar-refractivity contribution in [2.24, 2.45) is 0 Å². The normalized spacial score (nSPS) is 16.7. The molecule has 0 radical (unpaired) electrons. The SMILES string of the molecule is COC1(CNC(=O)c2sc3cc(Br)ccc3c2N)CCC1. The molecule has 2 aromatic rings. The van der Waals surface area contributed by atoms with Crippen molar-refractivity contribution in [2.75, 3.05) is 19.4 Å². The van der Waals surface area contributed by atoms with Gasteiger partial charge in [0.15, 0.2) is 0 Å². The number of rotatable bonds is 4. The molecule has 1 amide bonds. The summed E-state index contributed by atoms with van der Waals surface area (Å²) >= 11 is 4.86. The lowest BCUT2D eigenvalue weighted by Crippen LogP contribution is -2.49. The van der Waals surface area contributed by atoms with Gasteiger partial charge in [0.2, 0.25) is 0 Å². The molecule has 0 spiro atoms. The zero-order chi connectivity index (χ0) is 15.0. The Morgan fingerprint density at radius 1 is 1.52 bits per heavy atom. The van der Waals surface area contributed by atoms with Gasteiger partial charge in [-0.2, -0.15) is 0 Å². The van der Waals surface area contributed by atoms with E-state index in [1.54, 1.807) is 7.11 Å². The summed E-state index contributed by atoms with van der Waals surface area (Å²) in [6, 6.07) is 5.85. The average Bonchev–Trinajstić information content (AvgIpc) is 2.74. The van der Waals surface area contributed by atoms with Gasteiger partial charge < -0.3 is 15.8 Å². The van der Waals surface area contributed by atoms with Crippen LogP contribution >= 0.6 is 27.3 Å². The van der Waals surface area contributed by atoms with Crippen molar-refractivity contribution >= 4 is 48.9 Å². The van der Waals surface area contributed by atoms with Gasteiger partial charge in [0.1, 0.15) is 4.88 Å². The second-order valence-corrected chi connectivity index (χ2v) is 7.38. The highest BCUT2D eigenvalue weighted by Gasteiger charge is 2.37. The van der Waals surface area contributed by atoms with E-state index in [1.165, 1.54) is 11.3 Å². The van der Waals surface area contributed by atoms with Crippen LogP contribution in [0.2, 0.25) is 0 Å². The number of fused-ring (bicyclic) bond motifs is 1. The molecular formula is C15H17BrN2O2S. The third-order valence-corrected chi connectivity index (χ3v) is 5.83. The van der Waals surface area contributed by atoms with E-state index in [0.29, 0.717) is 17.1 Å². The van der Waals surface area contributed by atoms with Crippen LogP contribution in [0.1, 0.15) is 28.9 Å². The van der Waals surface area contributed by atoms with Gasteiger partial charge in [0.25, 0.3) is 5.91 Å². The van der Waals surface area contributed by atoms with Crippen molar-refractivity contribution in [3.05, 3.63) is 27.5 Å². The van der Waals surface area contributed by atoms with Crippen LogP contribution < -0.4 is 11.1 Å². The summed E-state index contributed by atoms with van der Waals surface area (Å²) in [6.07, 6.45) is 3.15. The summed E-state index contributed by atoms with van der Waals surface area (Å²) < 4.78 is 7.51. The highest BCUT2D eigenvalue weighted by molar-refractivity contribution is 9.10. The molecule has 0 aliphatic heterocycles. The van der Waals surface area contributed by atoms with Crippen LogP contribution in [0.4, 0.5) is 5.69 Å². The molecule has 0 atom stereocenters. The van der Waals surface area contributed by atoms with E-state index in [0.717, 1.165) is 33.8 Å². The second kappa shape index (κ2) is 5.59. The molecular weight excluding hydrogens is 352 g/mol. The number of carbonyl (C=O) groups excluding carboxylic acids is 1. The molecule has 4 nitrogen and oxygen atoms in total. The maximum absolute atomic E-state index is 12.4. The first-order valence-electron chi connectivity index (χ1n) is 6.85. The zero-order valence-electron chi connectivity index (χ0n) is 11.7. The molecule has 0 unspecified atom stereocenters. The van der Waals surface area contributed by atoms with Gasteiger partial charge in [-0.3, -0.25) is 4.79 Å². The Morgan fingerprint density at radius 3 is 2.90 bits per heavy atom. The number of hydrogen-bond donors (Lipinski definition) is 2. The van der Waals surface area contributed by atoms with Crippen LogP contribution in [0, 0.1) is 0 Å². The third kappa shape index (κ3) is 2.67. The molecule has 0 saturated heterocycles. The predicted octanol–water partition coefficient (Wildman–Crippen LogP) is 3.54. The monoisotopic (exact) mass is 368 g/mol. The molecule has 1 saturated carbocycles. The Morgan fingerprint density at radius 2 is 2.29 bits per heavy atom. The van der Waals surface area contributed by atoms with Crippen molar-refractivity contribution in [1.29, 1.82) is 0 Å². The number of thiophene rings is 1. The van der Waals surface area contributed by atoms with Crippen molar-refractivity contribution < 1.29 is 9.53 Å². The second-order valence-electron chi connectivity index (χ2n) is 5.41. The fourth-order valence-corrected chi connectivity index (χ4v) is 4.20. The molecule has 1 heterocycles. The largest absolute Gasteiger partial charge is 0.397 e. The number of carbonyl (C=O) groups is 1. The summed E-state index contributed by atoms with van der Waals surface area (Å²) in [5.41, 5.74) is 6.49. The number of benzene rings is 1. The van der Waals surface area contributed by atoms with E-state index in [9.17, 15) is 4.79 Å². The molecule has 0 bridgehead atoms. The fraction of sp³-hybridized carbons (Fsp3) is 0.400.